The minimum atomic E-state index is -1.12. The van der Waals surface area contributed by atoms with E-state index in [1.807, 2.05) is 7.05 Å². The van der Waals surface area contributed by atoms with Gasteiger partial charge in [0.05, 0.1) is 5.39 Å². The lowest BCUT2D eigenvalue weighted by atomic mass is 9.93. The van der Waals surface area contributed by atoms with Gasteiger partial charge in [0.25, 0.3) is 0 Å². The van der Waals surface area contributed by atoms with E-state index in [-0.39, 0.29) is 12.0 Å². The second kappa shape index (κ2) is 7.69. The Morgan fingerprint density at radius 2 is 2.15 bits per heavy atom. The second-order valence-corrected chi connectivity index (χ2v) is 8.65. The molecule has 0 spiro atoms. The molecule has 1 saturated carbocycles. The number of fused-ring (bicyclic) bond motifs is 3. The van der Waals surface area contributed by atoms with Crippen LogP contribution in [0.5, 0.6) is 5.88 Å². The molecule has 4 N–H and O–H groups in total. The van der Waals surface area contributed by atoms with Crippen molar-refractivity contribution in [2.75, 3.05) is 7.05 Å². The van der Waals surface area contributed by atoms with Crippen molar-refractivity contribution in [2.24, 2.45) is 5.73 Å². The summed E-state index contributed by atoms with van der Waals surface area (Å²) in [6, 6.07) is 0.570. The number of amides is 1. The Morgan fingerprint density at radius 3 is 2.85 bits per heavy atom. The standard InChI is InChI=1S/C19H26N4O3S/c1-21-11-3-5-12(6-4-11)26-18-16-15-10(8-13(24)17(20)25)2-7-14(15)27-19(16)23-9-22-18/h9-13,21,24H,2-8H2,1H3,(H2,20,25)/t10-,11-,12-,13-/m1/s1. The molecule has 0 bridgehead atoms. The van der Waals surface area contributed by atoms with E-state index in [0.717, 1.165) is 54.3 Å². The Kier molecular flexibility index (Phi) is 5.29. The Bertz CT molecular complexity index is 832. The van der Waals surface area contributed by atoms with Gasteiger partial charge in [0, 0.05) is 10.9 Å². The summed E-state index contributed by atoms with van der Waals surface area (Å²) in [5.41, 5.74) is 6.41. The van der Waals surface area contributed by atoms with Gasteiger partial charge in [0.15, 0.2) is 0 Å². The van der Waals surface area contributed by atoms with E-state index in [4.69, 9.17) is 10.5 Å². The van der Waals surface area contributed by atoms with Crippen molar-refractivity contribution in [2.45, 2.75) is 69.1 Å². The maximum atomic E-state index is 11.3. The number of primary amides is 1. The Morgan fingerprint density at radius 1 is 1.37 bits per heavy atom. The molecule has 0 aliphatic heterocycles. The number of carbonyl (C=O) groups is 1. The number of hydrogen-bond donors (Lipinski definition) is 3. The Labute approximate surface area is 162 Å². The Hall–Kier alpha value is -1.77. The van der Waals surface area contributed by atoms with E-state index in [0.29, 0.717) is 18.3 Å². The molecule has 146 valence electrons. The van der Waals surface area contributed by atoms with Crippen molar-refractivity contribution in [1.82, 2.24) is 15.3 Å². The smallest absolute Gasteiger partial charge is 0.246 e. The van der Waals surface area contributed by atoms with Crippen molar-refractivity contribution in [3.63, 3.8) is 0 Å². The highest BCUT2D eigenvalue weighted by Crippen LogP contribution is 2.47. The first-order valence-corrected chi connectivity index (χ1v) is 10.5. The average Bonchev–Trinajstić information content (AvgIpc) is 3.22. The number of nitrogens with zero attached hydrogens (tertiary/aromatic N) is 2. The third kappa shape index (κ3) is 3.66. The fourth-order valence-corrected chi connectivity index (χ4v) is 5.61. The van der Waals surface area contributed by atoms with E-state index in [9.17, 15) is 9.90 Å². The van der Waals surface area contributed by atoms with E-state index in [2.05, 4.69) is 15.3 Å². The Balaban J connectivity index is 1.60. The summed E-state index contributed by atoms with van der Waals surface area (Å²) >= 11 is 1.67. The number of ether oxygens (including phenoxy) is 1. The quantitative estimate of drug-likeness (QED) is 0.694. The zero-order chi connectivity index (χ0) is 19.0. The van der Waals surface area contributed by atoms with Crippen LogP contribution < -0.4 is 15.8 Å². The number of nitrogens with two attached hydrogens (primary N) is 1. The SMILES string of the molecule is CN[C@H]1CC[C@H](Oc2ncnc3sc4c(c23)[C@@H](C[C@@H](O)C(N)=O)CC4)CC1. The van der Waals surface area contributed by atoms with Gasteiger partial charge in [0.1, 0.15) is 23.4 Å². The molecule has 4 rings (SSSR count). The van der Waals surface area contributed by atoms with E-state index in [1.165, 1.54) is 4.88 Å². The summed E-state index contributed by atoms with van der Waals surface area (Å²) in [4.78, 5) is 22.4. The summed E-state index contributed by atoms with van der Waals surface area (Å²) in [5.74, 6) is 0.0625. The number of rotatable bonds is 6. The minimum absolute atomic E-state index is 0.0876. The molecule has 27 heavy (non-hydrogen) atoms. The van der Waals surface area contributed by atoms with Crippen LogP contribution in [0.25, 0.3) is 10.2 Å². The monoisotopic (exact) mass is 390 g/mol. The number of thiophene rings is 1. The van der Waals surface area contributed by atoms with E-state index in [1.54, 1.807) is 17.7 Å². The fraction of sp³-hybridized carbons (Fsp3) is 0.632. The summed E-state index contributed by atoms with van der Waals surface area (Å²) in [5, 5.41) is 14.3. The molecular formula is C19H26N4O3S. The van der Waals surface area contributed by atoms with Crippen LogP contribution >= 0.6 is 11.3 Å². The van der Waals surface area contributed by atoms with Crippen LogP contribution in [0.4, 0.5) is 0 Å². The van der Waals surface area contributed by atoms with Crippen LogP contribution in [-0.4, -0.2) is 46.3 Å². The van der Waals surface area contributed by atoms with Crippen LogP contribution in [0.2, 0.25) is 0 Å². The van der Waals surface area contributed by atoms with E-state index < -0.39 is 12.0 Å². The molecule has 8 heteroatoms. The highest BCUT2D eigenvalue weighted by Gasteiger charge is 2.33. The molecule has 2 heterocycles. The van der Waals surface area contributed by atoms with Crippen LogP contribution in [0.1, 0.15) is 54.9 Å². The maximum Gasteiger partial charge on any atom is 0.246 e. The highest BCUT2D eigenvalue weighted by atomic mass is 32.1. The zero-order valence-electron chi connectivity index (χ0n) is 15.5. The number of nitrogens with one attached hydrogen (secondary N) is 1. The number of aliphatic hydroxyl groups excluding tert-OH is 1. The maximum absolute atomic E-state index is 11.3. The first kappa shape index (κ1) is 18.6. The van der Waals surface area contributed by atoms with Gasteiger partial charge in [-0.2, -0.15) is 0 Å². The molecule has 2 atom stereocenters. The molecule has 2 aromatic heterocycles. The molecule has 1 fully saturated rings. The highest BCUT2D eigenvalue weighted by molar-refractivity contribution is 7.19. The number of hydrogen-bond acceptors (Lipinski definition) is 7. The average molecular weight is 391 g/mol. The van der Waals surface area contributed by atoms with Crippen molar-refractivity contribution in [3.05, 3.63) is 16.8 Å². The lowest BCUT2D eigenvalue weighted by Crippen LogP contribution is -2.34. The van der Waals surface area contributed by atoms with Gasteiger partial charge in [0.2, 0.25) is 11.8 Å². The summed E-state index contributed by atoms with van der Waals surface area (Å²) in [6.07, 6.45) is 7.00. The van der Waals surface area contributed by atoms with Gasteiger partial charge in [-0.3, -0.25) is 4.79 Å². The van der Waals surface area contributed by atoms with Crippen molar-refractivity contribution in [3.8, 4) is 5.88 Å². The largest absolute Gasteiger partial charge is 0.474 e. The molecular weight excluding hydrogens is 364 g/mol. The minimum Gasteiger partial charge on any atom is -0.474 e. The van der Waals surface area contributed by atoms with Crippen molar-refractivity contribution in [1.29, 1.82) is 0 Å². The third-order valence-electron chi connectivity index (χ3n) is 5.89. The van der Waals surface area contributed by atoms with Crippen LogP contribution in [0.3, 0.4) is 0 Å². The summed E-state index contributed by atoms with van der Waals surface area (Å²) < 4.78 is 6.32. The molecule has 2 aromatic rings. The van der Waals surface area contributed by atoms with Crippen molar-refractivity contribution >= 4 is 27.5 Å². The normalized spacial score (nSPS) is 26.1. The van der Waals surface area contributed by atoms with Crippen LogP contribution in [-0.2, 0) is 11.2 Å². The lowest BCUT2D eigenvalue weighted by molar-refractivity contribution is -0.126. The van der Waals surface area contributed by atoms with Gasteiger partial charge in [-0.15, -0.1) is 11.3 Å². The summed E-state index contributed by atoms with van der Waals surface area (Å²) in [6.45, 7) is 0. The molecule has 0 radical (unpaired) electrons. The fourth-order valence-electron chi connectivity index (χ4n) is 4.38. The topological polar surface area (TPSA) is 110 Å². The van der Waals surface area contributed by atoms with Gasteiger partial charge in [-0.1, -0.05) is 0 Å². The molecule has 0 aromatic carbocycles. The predicted octanol–water partition coefficient (Wildman–Crippen LogP) is 1.87. The molecule has 0 unspecified atom stereocenters. The number of aryl methyl sites for hydroxylation is 1. The van der Waals surface area contributed by atoms with Gasteiger partial charge < -0.3 is 20.9 Å². The van der Waals surface area contributed by atoms with E-state index >= 15 is 0 Å². The third-order valence-corrected chi connectivity index (χ3v) is 7.07. The summed E-state index contributed by atoms with van der Waals surface area (Å²) in [7, 11) is 2.01. The molecule has 2 aliphatic rings. The first-order chi connectivity index (χ1) is 13.1. The number of carbonyl (C=O) groups excluding carboxylic acids is 1. The van der Waals surface area contributed by atoms with Gasteiger partial charge in [-0.25, -0.2) is 9.97 Å². The van der Waals surface area contributed by atoms with Crippen molar-refractivity contribution < 1.29 is 14.6 Å². The molecule has 2 aliphatic carbocycles. The molecule has 7 nitrogen and oxygen atoms in total. The van der Waals surface area contributed by atoms with Crippen LogP contribution in [0, 0.1) is 0 Å². The van der Waals surface area contributed by atoms with Crippen LogP contribution in [0.15, 0.2) is 6.33 Å². The number of aromatic nitrogens is 2. The molecule has 0 saturated heterocycles. The first-order valence-electron chi connectivity index (χ1n) is 9.64. The van der Waals surface area contributed by atoms with Gasteiger partial charge >= 0.3 is 0 Å². The lowest BCUT2D eigenvalue weighted by Gasteiger charge is -2.28. The molecule has 1 amide bonds. The predicted molar refractivity (Wildman–Crippen MR) is 104 cm³/mol. The second-order valence-electron chi connectivity index (χ2n) is 7.57. The number of aliphatic hydroxyl groups is 1. The van der Waals surface area contributed by atoms with Gasteiger partial charge in [-0.05, 0) is 63.5 Å². The zero-order valence-corrected chi connectivity index (χ0v) is 16.3.